The minimum absolute atomic E-state index is 0.169. The van der Waals surface area contributed by atoms with E-state index in [1.807, 2.05) is 30.3 Å². The molecule has 1 aliphatic rings. The van der Waals surface area contributed by atoms with Crippen molar-refractivity contribution in [3.8, 4) is 0 Å². The van der Waals surface area contributed by atoms with Crippen LogP contribution in [0.5, 0.6) is 0 Å². The number of Topliss-reactive ketones (excluding diaryl/α,β-unsaturated/α-hetero) is 1. The molecular weight excluding hydrogens is 200 g/mol. The summed E-state index contributed by atoms with van der Waals surface area (Å²) in [5, 5.41) is 0. The molecule has 1 aromatic carbocycles. The van der Waals surface area contributed by atoms with Gasteiger partial charge in [-0.05, 0) is 17.9 Å². The summed E-state index contributed by atoms with van der Waals surface area (Å²) in [5.74, 6) is 1.05. The third-order valence-corrected chi connectivity index (χ3v) is 2.87. The van der Waals surface area contributed by atoms with Gasteiger partial charge in [-0.1, -0.05) is 43.2 Å². The zero-order valence-electron chi connectivity index (χ0n) is 9.52. The summed E-state index contributed by atoms with van der Waals surface area (Å²) in [4.78, 5) is 11.5. The molecular formula is C14H18O2. The molecule has 0 aliphatic heterocycles. The second kappa shape index (κ2) is 5.80. The molecule has 0 unspecified atom stereocenters. The summed E-state index contributed by atoms with van der Waals surface area (Å²) >= 11 is 0. The van der Waals surface area contributed by atoms with Gasteiger partial charge in [-0.3, -0.25) is 4.79 Å². The lowest BCUT2D eigenvalue weighted by Gasteiger charge is -2.03. The van der Waals surface area contributed by atoms with E-state index in [4.69, 9.17) is 4.74 Å². The van der Waals surface area contributed by atoms with E-state index >= 15 is 0 Å². The number of carbonyl (C=O) groups excluding carboxylic acids is 1. The van der Waals surface area contributed by atoms with E-state index in [1.54, 1.807) is 0 Å². The molecule has 2 nitrogen and oxygen atoms in total. The number of benzene rings is 1. The molecule has 0 amide bonds. The van der Waals surface area contributed by atoms with Crippen LogP contribution in [0.4, 0.5) is 0 Å². The van der Waals surface area contributed by atoms with Crippen molar-refractivity contribution < 1.29 is 9.53 Å². The molecule has 1 aliphatic carbocycles. The highest BCUT2D eigenvalue weighted by molar-refractivity contribution is 5.81. The molecule has 1 saturated carbocycles. The van der Waals surface area contributed by atoms with Crippen LogP contribution in [0.3, 0.4) is 0 Å². The van der Waals surface area contributed by atoms with Crippen LogP contribution in [0, 0.1) is 5.92 Å². The molecule has 0 saturated heterocycles. The number of hydrogen-bond donors (Lipinski definition) is 0. The van der Waals surface area contributed by atoms with Gasteiger partial charge in [-0.2, -0.15) is 0 Å². The van der Waals surface area contributed by atoms with E-state index in [0.717, 1.165) is 24.5 Å². The number of hydrogen-bond acceptors (Lipinski definition) is 2. The van der Waals surface area contributed by atoms with Gasteiger partial charge in [0.1, 0.15) is 6.61 Å². The molecule has 16 heavy (non-hydrogen) atoms. The summed E-state index contributed by atoms with van der Waals surface area (Å²) < 4.78 is 5.37. The standard InChI is InChI=1S/C14H18O2/c15-14(10-13-4-2-1-3-5-13)11-16-9-8-12-6-7-12/h1-5,12H,6-11H2. The predicted octanol–water partition coefficient (Wildman–Crippen LogP) is 2.61. The summed E-state index contributed by atoms with van der Waals surface area (Å²) in [7, 11) is 0. The Morgan fingerprint density at radius 1 is 1.25 bits per heavy atom. The average Bonchev–Trinajstić information content (AvgIpc) is 3.10. The van der Waals surface area contributed by atoms with Gasteiger partial charge < -0.3 is 4.74 Å². The smallest absolute Gasteiger partial charge is 0.162 e. The van der Waals surface area contributed by atoms with Crippen molar-refractivity contribution >= 4 is 5.78 Å². The summed E-state index contributed by atoms with van der Waals surface area (Å²) in [6, 6.07) is 9.82. The van der Waals surface area contributed by atoms with Crippen LogP contribution in [0.15, 0.2) is 30.3 Å². The number of ketones is 1. The third kappa shape index (κ3) is 4.15. The molecule has 0 aromatic heterocycles. The third-order valence-electron chi connectivity index (χ3n) is 2.87. The summed E-state index contributed by atoms with van der Waals surface area (Å²) in [6.07, 6.45) is 4.31. The van der Waals surface area contributed by atoms with Gasteiger partial charge in [0, 0.05) is 13.0 Å². The van der Waals surface area contributed by atoms with Gasteiger partial charge in [0.2, 0.25) is 0 Å². The van der Waals surface area contributed by atoms with Crippen LogP contribution in [0.1, 0.15) is 24.8 Å². The summed E-state index contributed by atoms with van der Waals surface area (Å²) in [5.41, 5.74) is 1.07. The fourth-order valence-electron chi connectivity index (χ4n) is 1.72. The fourth-order valence-corrected chi connectivity index (χ4v) is 1.72. The Morgan fingerprint density at radius 2 is 2.00 bits per heavy atom. The number of ether oxygens (including phenoxy) is 1. The lowest BCUT2D eigenvalue weighted by molar-refractivity contribution is -0.123. The highest BCUT2D eigenvalue weighted by atomic mass is 16.5. The molecule has 0 atom stereocenters. The zero-order chi connectivity index (χ0) is 11.2. The zero-order valence-corrected chi connectivity index (χ0v) is 9.52. The first-order chi connectivity index (χ1) is 7.84. The molecule has 2 heteroatoms. The predicted molar refractivity (Wildman–Crippen MR) is 63.3 cm³/mol. The normalized spacial score (nSPS) is 15.0. The monoisotopic (exact) mass is 218 g/mol. The van der Waals surface area contributed by atoms with Crippen LogP contribution >= 0.6 is 0 Å². The second-order valence-electron chi connectivity index (χ2n) is 4.49. The molecule has 0 radical (unpaired) electrons. The van der Waals surface area contributed by atoms with Crippen LogP contribution < -0.4 is 0 Å². The number of carbonyl (C=O) groups is 1. The SMILES string of the molecule is O=C(COCCC1CC1)Cc1ccccc1. The van der Waals surface area contributed by atoms with Crippen molar-refractivity contribution in [2.45, 2.75) is 25.7 Å². The second-order valence-corrected chi connectivity index (χ2v) is 4.49. The highest BCUT2D eigenvalue weighted by Crippen LogP contribution is 2.31. The maximum Gasteiger partial charge on any atom is 0.162 e. The Bertz CT molecular complexity index is 328. The Morgan fingerprint density at radius 3 is 2.69 bits per heavy atom. The van der Waals surface area contributed by atoms with Gasteiger partial charge >= 0.3 is 0 Å². The molecule has 0 heterocycles. The van der Waals surface area contributed by atoms with Crippen molar-refractivity contribution in [1.82, 2.24) is 0 Å². The van der Waals surface area contributed by atoms with Crippen molar-refractivity contribution in [1.29, 1.82) is 0 Å². The van der Waals surface area contributed by atoms with E-state index < -0.39 is 0 Å². The van der Waals surface area contributed by atoms with Crippen molar-refractivity contribution in [2.75, 3.05) is 13.2 Å². The maximum absolute atomic E-state index is 11.5. The number of rotatable bonds is 7. The largest absolute Gasteiger partial charge is 0.374 e. The van der Waals surface area contributed by atoms with Crippen molar-refractivity contribution in [3.63, 3.8) is 0 Å². The van der Waals surface area contributed by atoms with E-state index in [1.165, 1.54) is 12.8 Å². The van der Waals surface area contributed by atoms with E-state index in [-0.39, 0.29) is 12.4 Å². The Labute approximate surface area is 96.6 Å². The fraction of sp³-hybridized carbons (Fsp3) is 0.500. The van der Waals surface area contributed by atoms with E-state index in [9.17, 15) is 4.79 Å². The molecule has 1 aromatic rings. The van der Waals surface area contributed by atoms with Crippen LogP contribution in [0.2, 0.25) is 0 Å². The average molecular weight is 218 g/mol. The van der Waals surface area contributed by atoms with Gasteiger partial charge in [0.25, 0.3) is 0 Å². The Balaban J connectivity index is 1.60. The van der Waals surface area contributed by atoms with Crippen LogP contribution in [0.25, 0.3) is 0 Å². The molecule has 0 spiro atoms. The molecule has 0 bridgehead atoms. The Hall–Kier alpha value is -1.15. The molecule has 0 N–H and O–H groups in total. The van der Waals surface area contributed by atoms with Gasteiger partial charge in [-0.15, -0.1) is 0 Å². The quantitative estimate of drug-likeness (QED) is 0.658. The maximum atomic E-state index is 11.5. The lowest BCUT2D eigenvalue weighted by atomic mass is 10.1. The minimum Gasteiger partial charge on any atom is -0.374 e. The van der Waals surface area contributed by atoms with Crippen molar-refractivity contribution in [3.05, 3.63) is 35.9 Å². The van der Waals surface area contributed by atoms with Gasteiger partial charge in [0.05, 0.1) is 0 Å². The van der Waals surface area contributed by atoms with Gasteiger partial charge in [0.15, 0.2) is 5.78 Å². The lowest BCUT2D eigenvalue weighted by Crippen LogP contribution is -2.12. The first-order valence-electron chi connectivity index (χ1n) is 5.98. The molecule has 86 valence electrons. The van der Waals surface area contributed by atoms with Crippen LogP contribution in [-0.2, 0) is 16.0 Å². The first kappa shape index (κ1) is 11.3. The van der Waals surface area contributed by atoms with Gasteiger partial charge in [-0.25, -0.2) is 0 Å². The van der Waals surface area contributed by atoms with Crippen LogP contribution in [-0.4, -0.2) is 19.0 Å². The minimum atomic E-state index is 0.169. The molecule has 1 fully saturated rings. The van der Waals surface area contributed by atoms with E-state index in [2.05, 4.69) is 0 Å². The topological polar surface area (TPSA) is 26.3 Å². The molecule has 2 rings (SSSR count). The summed E-state index contributed by atoms with van der Waals surface area (Å²) in [6.45, 7) is 1.01. The Kier molecular flexibility index (Phi) is 4.11. The highest BCUT2D eigenvalue weighted by Gasteiger charge is 2.20. The van der Waals surface area contributed by atoms with Crippen molar-refractivity contribution in [2.24, 2.45) is 5.92 Å². The van der Waals surface area contributed by atoms with E-state index in [0.29, 0.717) is 6.42 Å². The first-order valence-corrected chi connectivity index (χ1v) is 5.98.